The van der Waals surface area contributed by atoms with E-state index in [-0.39, 0.29) is 36.7 Å². The van der Waals surface area contributed by atoms with Gasteiger partial charge in [0.05, 0.1) is 13.2 Å². The van der Waals surface area contributed by atoms with Crippen LogP contribution in [0.2, 0.25) is 0 Å². The van der Waals surface area contributed by atoms with E-state index in [0.29, 0.717) is 19.4 Å². The highest BCUT2D eigenvalue weighted by Crippen LogP contribution is 2.35. The number of carbonyl (C=O) groups is 3. The van der Waals surface area contributed by atoms with Gasteiger partial charge in [0.25, 0.3) is 0 Å². The fourth-order valence-electron chi connectivity index (χ4n) is 3.51. The topological polar surface area (TPSA) is 72.9 Å². The summed E-state index contributed by atoms with van der Waals surface area (Å²) >= 11 is 0. The van der Waals surface area contributed by atoms with E-state index in [9.17, 15) is 14.4 Å². The normalized spacial score (nSPS) is 16.8. The van der Waals surface area contributed by atoms with Crippen molar-refractivity contribution in [3.8, 4) is 0 Å². The number of ether oxygens (including phenoxy) is 2. The summed E-state index contributed by atoms with van der Waals surface area (Å²) in [6.07, 6.45) is 1.02. The standard InChI is InChI=1S/C21H29NO5/c1-5-26-19(23)12-11-16(14(3)4)20(24)22-17-10-8-7-9-15(17)13-18(22)21(25)27-6-2/h7-10,14,16,18H,5-6,11-13H2,1-4H3/t16?,18-/m0/s1. The zero-order valence-electron chi connectivity index (χ0n) is 16.6. The third-order valence-corrected chi connectivity index (χ3v) is 4.86. The molecule has 0 radical (unpaired) electrons. The molecule has 0 aliphatic carbocycles. The number of rotatable bonds is 8. The number of anilines is 1. The SMILES string of the molecule is CCOC(=O)CCC(C(=O)N1c2ccccc2C[C@H]1C(=O)OCC)C(C)C. The fraction of sp³-hybridized carbons (Fsp3) is 0.571. The van der Waals surface area contributed by atoms with E-state index in [4.69, 9.17) is 9.47 Å². The van der Waals surface area contributed by atoms with Crippen LogP contribution in [-0.2, 0) is 30.3 Å². The van der Waals surface area contributed by atoms with E-state index < -0.39 is 12.0 Å². The zero-order chi connectivity index (χ0) is 20.0. The average molecular weight is 375 g/mol. The lowest BCUT2D eigenvalue weighted by atomic mass is 9.89. The summed E-state index contributed by atoms with van der Waals surface area (Å²) in [5, 5.41) is 0. The zero-order valence-corrected chi connectivity index (χ0v) is 16.6. The van der Waals surface area contributed by atoms with E-state index >= 15 is 0 Å². The van der Waals surface area contributed by atoms with Crippen molar-refractivity contribution in [3.05, 3.63) is 29.8 Å². The van der Waals surface area contributed by atoms with E-state index in [2.05, 4.69) is 0 Å². The smallest absolute Gasteiger partial charge is 0.329 e. The molecule has 1 aliphatic heterocycles. The van der Waals surface area contributed by atoms with Gasteiger partial charge in [-0.15, -0.1) is 0 Å². The van der Waals surface area contributed by atoms with Crippen LogP contribution in [0.15, 0.2) is 24.3 Å². The lowest BCUT2D eigenvalue weighted by molar-refractivity contribution is -0.147. The molecule has 0 saturated heterocycles. The minimum atomic E-state index is -0.654. The Bertz CT molecular complexity index is 685. The Labute approximate surface area is 160 Å². The second kappa shape index (κ2) is 9.53. The number of benzene rings is 1. The van der Waals surface area contributed by atoms with Gasteiger partial charge in [-0.2, -0.15) is 0 Å². The van der Waals surface area contributed by atoms with Gasteiger partial charge in [0.1, 0.15) is 6.04 Å². The Morgan fingerprint density at radius 2 is 1.78 bits per heavy atom. The van der Waals surface area contributed by atoms with Gasteiger partial charge in [0.15, 0.2) is 0 Å². The molecular weight excluding hydrogens is 346 g/mol. The first-order chi connectivity index (χ1) is 12.9. The van der Waals surface area contributed by atoms with Crippen LogP contribution in [0, 0.1) is 11.8 Å². The van der Waals surface area contributed by atoms with Crippen LogP contribution in [0.25, 0.3) is 0 Å². The molecule has 1 aromatic rings. The molecule has 2 atom stereocenters. The molecule has 1 unspecified atom stereocenters. The minimum Gasteiger partial charge on any atom is -0.466 e. The molecule has 6 nitrogen and oxygen atoms in total. The van der Waals surface area contributed by atoms with Gasteiger partial charge in [-0.3, -0.25) is 14.5 Å². The summed E-state index contributed by atoms with van der Waals surface area (Å²) in [5.74, 6) is -1.19. The number of hydrogen-bond acceptors (Lipinski definition) is 5. The summed E-state index contributed by atoms with van der Waals surface area (Å²) in [7, 11) is 0. The van der Waals surface area contributed by atoms with Gasteiger partial charge >= 0.3 is 11.9 Å². The number of carbonyl (C=O) groups excluding carboxylic acids is 3. The van der Waals surface area contributed by atoms with Gasteiger partial charge in [0, 0.05) is 24.4 Å². The highest BCUT2D eigenvalue weighted by atomic mass is 16.5. The highest BCUT2D eigenvalue weighted by Gasteiger charge is 2.42. The van der Waals surface area contributed by atoms with Gasteiger partial charge in [-0.25, -0.2) is 4.79 Å². The molecular formula is C21H29NO5. The highest BCUT2D eigenvalue weighted by molar-refractivity contribution is 6.03. The van der Waals surface area contributed by atoms with Crippen molar-refractivity contribution in [2.24, 2.45) is 11.8 Å². The lowest BCUT2D eigenvalue weighted by Crippen LogP contribution is -2.47. The van der Waals surface area contributed by atoms with Crippen molar-refractivity contribution in [2.75, 3.05) is 18.1 Å². The molecule has 0 N–H and O–H groups in total. The molecule has 0 aromatic heterocycles. The predicted octanol–water partition coefficient (Wildman–Crippen LogP) is 3.12. The quantitative estimate of drug-likeness (QED) is 0.653. The van der Waals surface area contributed by atoms with Gasteiger partial charge in [-0.1, -0.05) is 32.0 Å². The van der Waals surface area contributed by atoms with E-state index in [1.807, 2.05) is 38.1 Å². The molecule has 6 heteroatoms. The lowest BCUT2D eigenvalue weighted by Gasteiger charge is -2.30. The third-order valence-electron chi connectivity index (χ3n) is 4.86. The summed E-state index contributed by atoms with van der Waals surface area (Å²) in [5.41, 5.74) is 1.71. The van der Waals surface area contributed by atoms with Crippen molar-refractivity contribution in [1.29, 1.82) is 0 Å². The van der Waals surface area contributed by atoms with Crippen LogP contribution < -0.4 is 4.90 Å². The summed E-state index contributed by atoms with van der Waals surface area (Å²) in [6.45, 7) is 8.01. The molecule has 1 aliphatic rings. The minimum absolute atomic E-state index is 0.0301. The van der Waals surface area contributed by atoms with Crippen LogP contribution in [0.4, 0.5) is 5.69 Å². The number of hydrogen-bond donors (Lipinski definition) is 0. The first-order valence-electron chi connectivity index (χ1n) is 9.63. The summed E-state index contributed by atoms with van der Waals surface area (Å²) in [4.78, 5) is 39.2. The molecule has 27 heavy (non-hydrogen) atoms. The van der Waals surface area contributed by atoms with Crippen LogP contribution >= 0.6 is 0 Å². The Morgan fingerprint density at radius 3 is 2.41 bits per heavy atom. The van der Waals surface area contributed by atoms with Crippen molar-refractivity contribution in [1.82, 2.24) is 0 Å². The second-order valence-electron chi connectivity index (χ2n) is 7.00. The maximum absolute atomic E-state index is 13.4. The van der Waals surface area contributed by atoms with Crippen molar-refractivity contribution in [2.45, 2.75) is 53.0 Å². The van der Waals surface area contributed by atoms with Crippen LogP contribution in [0.3, 0.4) is 0 Å². The van der Waals surface area contributed by atoms with Crippen molar-refractivity contribution in [3.63, 3.8) is 0 Å². The van der Waals surface area contributed by atoms with E-state index in [1.54, 1.807) is 18.7 Å². The molecule has 2 rings (SSSR count). The summed E-state index contributed by atoms with van der Waals surface area (Å²) < 4.78 is 10.2. The number of esters is 2. The Morgan fingerprint density at radius 1 is 1.11 bits per heavy atom. The van der Waals surface area contributed by atoms with E-state index in [1.165, 1.54) is 0 Å². The maximum atomic E-state index is 13.4. The number of amides is 1. The molecule has 148 valence electrons. The molecule has 0 fully saturated rings. The predicted molar refractivity (Wildman–Crippen MR) is 102 cm³/mol. The Kier molecular flexibility index (Phi) is 7.39. The van der Waals surface area contributed by atoms with Crippen molar-refractivity contribution < 1.29 is 23.9 Å². The molecule has 0 saturated carbocycles. The molecule has 1 amide bonds. The number of fused-ring (bicyclic) bond motifs is 1. The summed E-state index contributed by atoms with van der Waals surface area (Å²) in [6, 6.07) is 6.89. The molecule has 1 aromatic carbocycles. The van der Waals surface area contributed by atoms with Gasteiger partial charge < -0.3 is 9.47 Å². The maximum Gasteiger partial charge on any atom is 0.329 e. The van der Waals surface area contributed by atoms with Crippen molar-refractivity contribution >= 4 is 23.5 Å². The Balaban J connectivity index is 2.26. The van der Waals surface area contributed by atoms with E-state index in [0.717, 1.165) is 11.3 Å². The van der Waals surface area contributed by atoms with Crippen LogP contribution in [0.1, 0.15) is 46.1 Å². The third kappa shape index (κ3) is 4.87. The monoisotopic (exact) mass is 375 g/mol. The second-order valence-corrected chi connectivity index (χ2v) is 7.00. The Hall–Kier alpha value is -2.37. The number of nitrogens with zero attached hydrogens (tertiary/aromatic N) is 1. The fourth-order valence-corrected chi connectivity index (χ4v) is 3.51. The van der Waals surface area contributed by atoms with Gasteiger partial charge in [0.2, 0.25) is 5.91 Å². The molecule has 1 heterocycles. The molecule has 0 bridgehead atoms. The first-order valence-corrected chi connectivity index (χ1v) is 9.63. The number of para-hydroxylation sites is 1. The largest absolute Gasteiger partial charge is 0.466 e. The van der Waals surface area contributed by atoms with Crippen LogP contribution in [-0.4, -0.2) is 37.1 Å². The van der Waals surface area contributed by atoms with Crippen LogP contribution in [0.5, 0.6) is 0 Å². The average Bonchev–Trinajstić information content (AvgIpc) is 3.01. The van der Waals surface area contributed by atoms with Gasteiger partial charge in [-0.05, 0) is 37.8 Å². The first kappa shape index (κ1) is 20.9. The molecule has 0 spiro atoms.